The Balaban J connectivity index is 3.61. The quantitative estimate of drug-likeness (QED) is 0.414. The standard InChI is InChI=1S/C14H19N3O6/c1-6-22-12(19)10(13(20)23-7-2)15-9-8(3)16(4)14(21)17(5)11(9)18/h6-7H2,1-5H3. The van der Waals surface area contributed by atoms with Crippen LogP contribution < -0.4 is 11.2 Å². The average molecular weight is 325 g/mol. The molecule has 0 unspecified atom stereocenters. The molecule has 0 N–H and O–H groups in total. The number of esters is 2. The molecule has 0 bridgehead atoms. The highest BCUT2D eigenvalue weighted by atomic mass is 16.6. The first kappa shape index (κ1) is 18.3. The van der Waals surface area contributed by atoms with Crippen LogP contribution in [0.25, 0.3) is 0 Å². The molecule has 0 aliphatic rings. The summed E-state index contributed by atoms with van der Waals surface area (Å²) in [5.41, 5.74) is -1.90. The number of carbonyl (C=O) groups excluding carboxylic acids is 2. The van der Waals surface area contributed by atoms with Crippen LogP contribution in [0.3, 0.4) is 0 Å². The van der Waals surface area contributed by atoms with Crippen molar-refractivity contribution in [1.82, 2.24) is 9.13 Å². The van der Waals surface area contributed by atoms with E-state index in [0.29, 0.717) is 0 Å². The summed E-state index contributed by atoms with van der Waals surface area (Å²) >= 11 is 0. The molecule has 0 saturated heterocycles. The lowest BCUT2D eigenvalue weighted by molar-refractivity contribution is -0.140. The number of aromatic nitrogens is 2. The Hall–Kier alpha value is -2.71. The van der Waals surface area contributed by atoms with Crippen molar-refractivity contribution < 1.29 is 19.1 Å². The molecule has 0 fully saturated rings. The van der Waals surface area contributed by atoms with E-state index in [2.05, 4.69) is 4.99 Å². The topological polar surface area (TPSA) is 109 Å². The van der Waals surface area contributed by atoms with Crippen molar-refractivity contribution in [3.8, 4) is 0 Å². The van der Waals surface area contributed by atoms with Crippen molar-refractivity contribution in [2.24, 2.45) is 19.1 Å². The SMILES string of the molecule is CCOC(=O)C(=Nc1c(C)n(C)c(=O)n(C)c1=O)C(=O)OCC. The molecule has 1 aromatic heterocycles. The van der Waals surface area contributed by atoms with E-state index in [1.54, 1.807) is 13.8 Å². The molecule has 0 saturated carbocycles. The number of nitrogens with zero attached hydrogens (tertiary/aromatic N) is 3. The third kappa shape index (κ3) is 3.74. The molecule has 0 spiro atoms. The normalized spacial score (nSPS) is 10.1. The predicted molar refractivity (Wildman–Crippen MR) is 82.0 cm³/mol. The highest BCUT2D eigenvalue weighted by Gasteiger charge is 2.25. The van der Waals surface area contributed by atoms with Gasteiger partial charge >= 0.3 is 17.6 Å². The van der Waals surface area contributed by atoms with Gasteiger partial charge in [-0.2, -0.15) is 0 Å². The second-order valence-corrected chi connectivity index (χ2v) is 4.54. The summed E-state index contributed by atoms with van der Waals surface area (Å²) in [5.74, 6) is -2.00. The fourth-order valence-electron chi connectivity index (χ4n) is 1.74. The summed E-state index contributed by atoms with van der Waals surface area (Å²) in [5, 5.41) is 0. The van der Waals surface area contributed by atoms with Gasteiger partial charge in [0.05, 0.1) is 18.9 Å². The smallest absolute Gasteiger partial charge is 0.364 e. The zero-order valence-corrected chi connectivity index (χ0v) is 13.7. The van der Waals surface area contributed by atoms with Crippen molar-refractivity contribution in [3.05, 3.63) is 26.5 Å². The summed E-state index contributed by atoms with van der Waals surface area (Å²) in [4.78, 5) is 51.6. The highest BCUT2D eigenvalue weighted by molar-refractivity contribution is 6.63. The van der Waals surface area contributed by atoms with E-state index in [1.807, 2.05) is 0 Å². The van der Waals surface area contributed by atoms with Crippen molar-refractivity contribution in [2.75, 3.05) is 13.2 Å². The summed E-state index contributed by atoms with van der Waals surface area (Å²) in [7, 11) is 2.72. The van der Waals surface area contributed by atoms with Gasteiger partial charge in [-0.15, -0.1) is 0 Å². The summed E-state index contributed by atoms with van der Waals surface area (Å²) in [6.07, 6.45) is 0. The van der Waals surface area contributed by atoms with Crippen LogP contribution in [0.2, 0.25) is 0 Å². The third-order valence-corrected chi connectivity index (χ3v) is 3.09. The van der Waals surface area contributed by atoms with Crippen LogP contribution in [-0.2, 0) is 33.2 Å². The number of hydrogen-bond acceptors (Lipinski definition) is 7. The van der Waals surface area contributed by atoms with Gasteiger partial charge in [-0.1, -0.05) is 0 Å². The van der Waals surface area contributed by atoms with E-state index in [4.69, 9.17) is 9.47 Å². The number of ether oxygens (including phenoxy) is 2. The Morgan fingerprint density at radius 1 is 1.00 bits per heavy atom. The second kappa shape index (κ2) is 7.52. The zero-order chi connectivity index (χ0) is 17.7. The molecule has 0 aliphatic heterocycles. The first-order chi connectivity index (χ1) is 10.8. The van der Waals surface area contributed by atoms with Gasteiger partial charge in [-0.05, 0) is 20.8 Å². The molecule has 0 amide bonds. The minimum Gasteiger partial charge on any atom is -0.461 e. The fourth-order valence-corrected chi connectivity index (χ4v) is 1.74. The van der Waals surface area contributed by atoms with Gasteiger partial charge < -0.3 is 9.47 Å². The number of rotatable bonds is 5. The second-order valence-electron chi connectivity index (χ2n) is 4.54. The Bertz CT molecular complexity index is 752. The first-order valence-electron chi connectivity index (χ1n) is 6.95. The van der Waals surface area contributed by atoms with Gasteiger partial charge in [-0.25, -0.2) is 19.4 Å². The van der Waals surface area contributed by atoms with Gasteiger partial charge in [0.1, 0.15) is 5.69 Å². The molecular weight excluding hydrogens is 306 g/mol. The van der Waals surface area contributed by atoms with Gasteiger partial charge in [-0.3, -0.25) is 13.9 Å². The largest absolute Gasteiger partial charge is 0.461 e. The highest BCUT2D eigenvalue weighted by Crippen LogP contribution is 2.11. The maximum atomic E-state index is 12.2. The van der Waals surface area contributed by atoms with Crippen LogP contribution in [0.1, 0.15) is 19.5 Å². The van der Waals surface area contributed by atoms with Crippen LogP contribution in [0.15, 0.2) is 14.6 Å². The lowest BCUT2D eigenvalue weighted by atomic mass is 10.3. The third-order valence-electron chi connectivity index (χ3n) is 3.09. The van der Waals surface area contributed by atoms with Crippen LogP contribution in [0.4, 0.5) is 5.69 Å². The van der Waals surface area contributed by atoms with Crippen molar-refractivity contribution in [1.29, 1.82) is 0 Å². The van der Waals surface area contributed by atoms with Crippen molar-refractivity contribution in [2.45, 2.75) is 20.8 Å². The summed E-state index contributed by atoms with van der Waals surface area (Å²) in [6.45, 7) is 4.67. The fraction of sp³-hybridized carbons (Fsp3) is 0.500. The predicted octanol–water partition coefficient (Wildman–Crippen LogP) is -0.409. The minimum absolute atomic E-state index is 0.0293. The van der Waals surface area contributed by atoms with E-state index < -0.39 is 28.9 Å². The van der Waals surface area contributed by atoms with E-state index >= 15 is 0 Å². The van der Waals surface area contributed by atoms with Crippen LogP contribution in [-0.4, -0.2) is 40.0 Å². The molecule has 1 heterocycles. The van der Waals surface area contributed by atoms with E-state index in [0.717, 1.165) is 4.57 Å². The summed E-state index contributed by atoms with van der Waals surface area (Å²) in [6, 6.07) is 0. The molecule has 126 valence electrons. The molecule has 1 aromatic rings. The minimum atomic E-state index is -0.999. The summed E-state index contributed by atoms with van der Waals surface area (Å²) < 4.78 is 11.5. The van der Waals surface area contributed by atoms with Gasteiger partial charge in [0.2, 0.25) is 5.71 Å². The molecule has 0 radical (unpaired) electrons. The number of aliphatic imine (C=N–C) groups is 1. The first-order valence-corrected chi connectivity index (χ1v) is 6.95. The molecule has 0 aromatic carbocycles. The van der Waals surface area contributed by atoms with Crippen LogP contribution in [0, 0.1) is 6.92 Å². The molecule has 0 atom stereocenters. The van der Waals surface area contributed by atoms with Gasteiger partial charge in [0.25, 0.3) is 5.56 Å². The zero-order valence-electron chi connectivity index (χ0n) is 13.7. The Morgan fingerprint density at radius 2 is 1.48 bits per heavy atom. The maximum absolute atomic E-state index is 12.2. The van der Waals surface area contributed by atoms with Crippen molar-refractivity contribution in [3.63, 3.8) is 0 Å². The molecule has 23 heavy (non-hydrogen) atoms. The lowest BCUT2D eigenvalue weighted by Crippen LogP contribution is -2.38. The average Bonchev–Trinajstić information content (AvgIpc) is 2.51. The lowest BCUT2D eigenvalue weighted by Gasteiger charge is -2.10. The molecule has 0 aliphatic carbocycles. The molecular formula is C14H19N3O6. The van der Waals surface area contributed by atoms with Gasteiger partial charge in [0.15, 0.2) is 0 Å². The molecule has 9 nitrogen and oxygen atoms in total. The Morgan fingerprint density at radius 3 is 1.91 bits per heavy atom. The van der Waals surface area contributed by atoms with Crippen LogP contribution >= 0.6 is 0 Å². The Kier molecular flexibility index (Phi) is 6.00. The maximum Gasteiger partial charge on any atom is 0.364 e. The van der Waals surface area contributed by atoms with Gasteiger partial charge in [0, 0.05) is 14.1 Å². The van der Waals surface area contributed by atoms with E-state index in [9.17, 15) is 19.2 Å². The number of hydrogen-bond donors (Lipinski definition) is 0. The monoisotopic (exact) mass is 325 g/mol. The molecule has 1 rings (SSSR count). The van der Waals surface area contributed by atoms with E-state index in [1.165, 1.54) is 25.6 Å². The number of carbonyl (C=O) groups is 2. The van der Waals surface area contributed by atoms with Crippen LogP contribution in [0.5, 0.6) is 0 Å². The Labute approximate surface area is 132 Å². The van der Waals surface area contributed by atoms with E-state index in [-0.39, 0.29) is 24.6 Å². The van der Waals surface area contributed by atoms with Crippen molar-refractivity contribution >= 4 is 23.3 Å². The molecule has 9 heteroatoms.